The topological polar surface area (TPSA) is 21.3 Å². The zero-order valence-electron chi connectivity index (χ0n) is 31.2. The normalized spacial score (nSPS) is 12.1. The summed E-state index contributed by atoms with van der Waals surface area (Å²) in [6.07, 6.45) is 0. The molecule has 4 heteroatoms. The highest BCUT2D eigenvalue weighted by atomic mass is 32.1. The van der Waals surface area contributed by atoms with Crippen molar-refractivity contribution in [1.29, 1.82) is 0 Å². The Balaban J connectivity index is 1.07. The number of thiophene rings is 1. The molecular weight excluding hydrogens is 725 g/mol. The SMILES string of the molecule is c1ccc(N(c2ccc3c(ccc4c5ccccc5ccc34)c2)c2ccc3c4c5sc6ccccc6c5ccc4n(-c4ccc5c(c4)oc4ccccc45)c3c2)cc1. The van der Waals surface area contributed by atoms with Gasteiger partial charge in [-0.25, -0.2) is 0 Å². The molecule has 0 unspecified atom stereocenters. The minimum atomic E-state index is 0.885. The number of hydrogen-bond acceptors (Lipinski definition) is 3. The third kappa shape index (κ3) is 4.55. The van der Waals surface area contributed by atoms with Gasteiger partial charge >= 0.3 is 0 Å². The first-order valence-corrected chi connectivity index (χ1v) is 20.6. The zero-order chi connectivity index (χ0) is 37.9. The summed E-state index contributed by atoms with van der Waals surface area (Å²) in [5.41, 5.74) is 8.48. The largest absolute Gasteiger partial charge is 0.456 e. The molecule has 0 aliphatic heterocycles. The van der Waals surface area contributed by atoms with Gasteiger partial charge in [0.1, 0.15) is 11.2 Å². The third-order valence-electron chi connectivity index (χ3n) is 12.1. The van der Waals surface area contributed by atoms with E-state index in [1.165, 1.54) is 68.8 Å². The zero-order valence-corrected chi connectivity index (χ0v) is 32.0. The summed E-state index contributed by atoms with van der Waals surface area (Å²) in [5.74, 6) is 0. The summed E-state index contributed by atoms with van der Waals surface area (Å²) in [6, 6.07) is 70.8. The van der Waals surface area contributed by atoms with Gasteiger partial charge in [-0.1, -0.05) is 121 Å². The molecule has 3 heterocycles. The Bertz CT molecular complexity index is 3810. The number of nitrogens with zero attached hydrogens (tertiary/aromatic N) is 2. The maximum atomic E-state index is 6.47. The quantitative estimate of drug-likeness (QED) is 0.167. The van der Waals surface area contributed by atoms with Crippen molar-refractivity contribution in [2.75, 3.05) is 4.90 Å². The molecule has 0 aliphatic carbocycles. The van der Waals surface area contributed by atoms with Gasteiger partial charge in [-0.15, -0.1) is 11.3 Å². The van der Waals surface area contributed by atoms with Crippen molar-refractivity contribution >= 4 is 125 Å². The van der Waals surface area contributed by atoms with Gasteiger partial charge in [-0.2, -0.15) is 0 Å². The Morgan fingerprint density at radius 3 is 1.90 bits per heavy atom. The summed E-state index contributed by atoms with van der Waals surface area (Å²) in [6.45, 7) is 0. The highest BCUT2D eigenvalue weighted by Gasteiger charge is 2.21. The number of rotatable bonds is 4. The lowest BCUT2D eigenvalue weighted by molar-refractivity contribution is 0.668. The van der Waals surface area contributed by atoms with E-state index >= 15 is 0 Å². The number of hydrogen-bond donors (Lipinski definition) is 0. The molecule has 3 aromatic heterocycles. The van der Waals surface area contributed by atoms with E-state index in [4.69, 9.17) is 4.42 Å². The molecule has 0 fully saturated rings. The van der Waals surface area contributed by atoms with Crippen LogP contribution in [0, 0.1) is 0 Å². The second-order valence-corrected chi connectivity index (χ2v) is 16.3. The van der Waals surface area contributed by atoms with Crippen LogP contribution in [0.25, 0.3) is 102 Å². The van der Waals surface area contributed by atoms with Crippen molar-refractivity contribution in [3.63, 3.8) is 0 Å². The Hall–Kier alpha value is -7.40. The van der Waals surface area contributed by atoms with Crippen LogP contribution in [0.3, 0.4) is 0 Å². The summed E-state index contributed by atoms with van der Waals surface area (Å²) < 4.78 is 11.5. The van der Waals surface area contributed by atoms with Crippen LogP contribution < -0.4 is 4.90 Å². The molecule has 0 aliphatic rings. The number of furan rings is 1. The summed E-state index contributed by atoms with van der Waals surface area (Å²) in [5, 5.41) is 14.9. The first-order valence-electron chi connectivity index (χ1n) is 19.7. The van der Waals surface area contributed by atoms with E-state index in [-0.39, 0.29) is 0 Å². The second kappa shape index (κ2) is 12.1. The molecule has 58 heavy (non-hydrogen) atoms. The molecule has 0 bridgehead atoms. The second-order valence-electron chi connectivity index (χ2n) is 15.3. The van der Waals surface area contributed by atoms with E-state index in [9.17, 15) is 0 Å². The molecule has 0 saturated heterocycles. The molecule has 0 atom stereocenters. The van der Waals surface area contributed by atoms with Crippen molar-refractivity contribution in [3.05, 3.63) is 194 Å². The van der Waals surface area contributed by atoms with E-state index in [2.05, 4.69) is 198 Å². The lowest BCUT2D eigenvalue weighted by atomic mass is 9.96. The number of benzene rings is 10. The Kier molecular flexibility index (Phi) is 6.60. The lowest BCUT2D eigenvalue weighted by Gasteiger charge is -2.26. The Labute approximate surface area is 336 Å². The first kappa shape index (κ1) is 31.8. The van der Waals surface area contributed by atoms with E-state index in [0.29, 0.717) is 0 Å². The number of anilines is 3. The third-order valence-corrected chi connectivity index (χ3v) is 13.3. The molecule has 3 nitrogen and oxygen atoms in total. The van der Waals surface area contributed by atoms with Crippen LogP contribution in [-0.2, 0) is 0 Å². The minimum absolute atomic E-state index is 0.885. The average Bonchev–Trinajstić information content (AvgIpc) is 3.95. The molecule has 0 saturated carbocycles. The number of para-hydroxylation sites is 2. The first-order chi connectivity index (χ1) is 28.7. The highest BCUT2D eigenvalue weighted by molar-refractivity contribution is 7.26. The van der Waals surface area contributed by atoms with E-state index in [1.54, 1.807) is 0 Å². The van der Waals surface area contributed by atoms with E-state index in [0.717, 1.165) is 50.2 Å². The van der Waals surface area contributed by atoms with Gasteiger partial charge in [0.2, 0.25) is 0 Å². The molecule has 270 valence electrons. The van der Waals surface area contributed by atoms with Gasteiger partial charge in [0.05, 0.1) is 11.0 Å². The Morgan fingerprint density at radius 2 is 1.02 bits per heavy atom. The predicted molar refractivity (Wildman–Crippen MR) is 248 cm³/mol. The molecule has 0 amide bonds. The Morgan fingerprint density at radius 1 is 0.379 bits per heavy atom. The van der Waals surface area contributed by atoms with Crippen LogP contribution in [0.5, 0.6) is 0 Å². The fraction of sp³-hybridized carbons (Fsp3) is 0. The van der Waals surface area contributed by atoms with Crippen molar-refractivity contribution in [1.82, 2.24) is 4.57 Å². The van der Waals surface area contributed by atoms with E-state index in [1.807, 2.05) is 17.4 Å². The molecule has 13 rings (SSSR count). The van der Waals surface area contributed by atoms with Gasteiger partial charge in [-0.3, -0.25) is 0 Å². The summed E-state index contributed by atoms with van der Waals surface area (Å²) in [4.78, 5) is 2.39. The van der Waals surface area contributed by atoms with Crippen LogP contribution in [0.2, 0.25) is 0 Å². The predicted octanol–water partition coefficient (Wildman–Crippen LogP) is 16.0. The average molecular weight is 757 g/mol. The van der Waals surface area contributed by atoms with Gasteiger partial charge < -0.3 is 13.9 Å². The van der Waals surface area contributed by atoms with Gasteiger partial charge in [0.15, 0.2) is 0 Å². The van der Waals surface area contributed by atoms with Gasteiger partial charge in [-0.05, 0) is 99.0 Å². The van der Waals surface area contributed by atoms with Crippen LogP contribution in [0.1, 0.15) is 0 Å². The lowest BCUT2D eigenvalue weighted by Crippen LogP contribution is -2.10. The number of aromatic nitrogens is 1. The molecule has 10 aromatic carbocycles. The van der Waals surface area contributed by atoms with Crippen LogP contribution in [0.4, 0.5) is 17.1 Å². The van der Waals surface area contributed by atoms with Crippen molar-refractivity contribution < 1.29 is 4.42 Å². The van der Waals surface area contributed by atoms with Crippen molar-refractivity contribution in [2.45, 2.75) is 0 Å². The summed E-state index contributed by atoms with van der Waals surface area (Å²) >= 11 is 1.88. The summed E-state index contributed by atoms with van der Waals surface area (Å²) in [7, 11) is 0. The van der Waals surface area contributed by atoms with Crippen molar-refractivity contribution in [2.24, 2.45) is 0 Å². The van der Waals surface area contributed by atoms with Crippen LogP contribution in [-0.4, -0.2) is 4.57 Å². The minimum Gasteiger partial charge on any atom is -0.456 e. The fourth-order valence-electron chi connectivity index (χ4n) is 9.52. The highest BCUT2D eigenvalue weighted by Crippen LogP contribution is 2.46. The molecule has 0 radical (unpaired) electrons. The van der Waals surface area contributed by atoms with Gasteiger partial charge in [0.25, 0.3) is 0 Å². The monoisotopic (exact) mass is 756 g/mol. The fourth-order valence-corrected chi connectivity index (χ4v) is 10.8. The number of fused-ring (bicyclic) bond motifs is 15. The smallest absolute Gasteiger partial charge is 0.137 e. The van der Waals surface area contributed by atoms with Crippen molar-refractivity contribution in [3.8, 4) is 5.69 Å². The van der Waals surface area contributed by atoms with E-state index < -0.39 is 0 Å². The van der Waals surface area contributed by atoms with Crippen LogP contribution >= 0.6 is 11.3 Å². The molecule has 0 spiro atoms. The molecular formula is C54H32N2OS. The molecule has 0 N–H and O–H groups in total. The molecule has 13 aromatic rings. The maximum Gasteiger partial charge on any atom is 0.137 e. The standard InChI is InChI=1S/C54H32N2OS/c1-2-11-35(12-3-1)55(36-20-25-40-34(30-36)19-24-41-39-13-5-4-10-33(39)18-23-42(40)41)37-22-27-47-49(31-37)56(38-21-26-44-43-14-6-8-16-50(43)57-51(44)32-38)48-29-28-46-45-15-7-9-17-52(45)58-54(46)53(47)48/h1-32H. The van der Waals surface area contributed by atoms with Crippen LogP contribution in [0.15, 0.2) is 199 Å². The van der Waals surface area contributed by atoms with Gasteiger partial charge in [0, 0.05) is 70.5 Å². The maximum absolute atomic E-state index is 6.47.